The Balaban J connectivity index is 1.61. The van der Waals surface area contributed by atoms with Crippen LogP contribution in [0.4, 0.5) is 0 Å². The van der Waals surface area contributed by atoms with Crippen molar-refractivity contribution in [2.24, 2.45) is 0 Å². The Morgan fingerprint density at radius 3 is 3.12 bits per heavy atom. The topological polar surface area (TPSA) is 15.3 Å². The van der Waals surface area contributed by atoms with Gasteiger partial charge in [0.05, 0.1) is 0 Å². The lowest BCUT2D eigenvalue weighted by Crippen LogP contribution is -2.24. The van der Waals surface area contributed by atoms with E-state index >= 15 is 0 Å². The van der Waals surface area contributed by atoms with Gasteiger partial charge in [-0.3, -0.25) is 0 Å². The fourth-order valence-electron chi connectivity index (χ4n) is 2.39. The third-order valence-corrected chi connectivity index (χ3v) is 4.98. The second kappa shape index (κ2) is 6.88. The SMILES string of the molecule is CN(CCCC1CCCN1)Cc1cc(Br)cs1. The van der Waals surface area contributed by atoms with Gasteiger partial charge >= 0.3 is 0 Å². The van der Waals surface area contributed by atoms with E-state index in [9.17, 15) is 0 Å². The van der Waals surface area contributed by atoms with Crippen LogP contribution in [0.1, 0.15) is 30.6 Å². The molecule has 1 aromatic rings. The van der Waals surface area contributed by atoms with Crippen LogP contribution in [0.5, 0.6) is 0 Å². The summed E-state index contributed by atoms with van der Waals surface area (Å²) in [4.78, 5) is 3.87. The first kappa shape index (κ1) is 13.5. The normalized spacial score (nSPS) is 20.3. The highest BCUT2D eigenvalue weighted by molar-refractivity contribution is 9.10. The maximum Gasteiger partial charge on any atom is 0.0325 e. The Morgan fingerprint density at radius 1 is 1.59 bits per heavy atom. The molecule has 1 atom stereocenters. The van der Waals surface area contributed by atoms with Gasteiger partial charge < -0.3 is 10.2 Å². The zero-order valence-electron chi connectivity index (χ0n) is 10.4. The van der Waals surface area contributed by atoms with Gasteiger partial charge in [0.25, 0.3) is 0 Å². The van der Waals surface area contributed by atoms with E-state index in [1.165, 1.54) is 48.1 Å². The molecule has 0 aliphatic carbocycles. The van der Waals surface area contributed by atoms with E-state index < -0.39 is 0 Å². The molecule has 1 fully saturated rings. The van der Waals surface area contributed by atoms with Gasteiger partial charge in [-0.1, -0.05) is 0 Å². The van der Waals surface area contributed by atoms with E-state index in [0.29, 0.717) is 0 Å². The van der Waals surface area contributed by atoms with E-state index in [1.807, 2.05) is 11.3 Å². The van der Waals surface area contributed by atoms with Crippen molar-refractivity contribution >= 4 is 27.3 Å². The number of halogens is 1. The molecule has 0 aromatic carbocycles. The summed E-state index contributed by atoms with van der Waals surface area (Å²) >= 11 is 5.34. The maximum atomic E-state index is 3.56. The van der Waals surface area contributed by atoms with Gasteiger partial charge in [-0.25, -0.2) is 0 Å². The van der Waals surface area contributed by atoms with Gasteiger partial charge in [-0.15, -0.1) is 11.3 Å². The predicted molar refractivity (Wildman–Crippen MR) is 78.6 cm³/mol. The number of nitrogens with one attached hydrogen (secondary N) is 1. The average molecular weight is 317 g/mol. The molecule has 1 aliphatic rings. The van der Waals surface area contributed by atoms with Gasteiger partial charge in [-0.2, -0.15) is 0 Å². The summed E-state index contributed by atoms with van der Waals surface area (Å²) in [6, 6.07) is 3.01. The summed E-state index contributed by atoms with van der Waals surface area (Å²) in [5.74, 6) is 0. The molecule has 1 saturated heterocycles. The molecule has 1 unspecified atom stereocenters. The van der Waals surface area contributed by atoms with E-state index in [2.05, 4.69) is 44.6 Å². The van der Waals surface area contributed by atoms with Crippen molar-refractivity contribution in [3.63, 3.8) is 0 Å². The van der Waals surface area contributed by atoms with Crippen LogP contribution >= 0.6 is 27.3 Å². The highest BCUT2D eigenvalue weighted by Crippen LogP contribution is 2.21. The molecule has 2 rings (SSSR count). The molecule has 96 valence electrons. The van der Waals surface area contributed by atoms with Gasteiger partial charge in [0.15, 0.2) is 0 Å². The number of hydrogen-bond acceptors (Lipinski definition) is 3. The summed E-state index contributed by atoms with van der Waals surface area (Å²) in [7, 11) is 2.22. The fourth-order valence-corrected chi connectivity index (χ4v) is 3.92. The maximum absolute atomic E-state index is 3.56. The van der Waals surface area contributed by atoms with Crippen LogP contribution in [0.3, 0.4) is 0 Å². The molecule has 0 saturated carbocycles. The smallest absolute Gasteiger partial charge is 0.0325 e. The number of nitrogens with zero attached hydrogens (tertiary/aromatic N) is 1. The summed E-state index contributed by atoms with van der Waals surface area (Å²) in [5, 5.41) is 5.72. The van der Waals surface area contributed by atoms with E-state index in [-0.39, 0.29) is 0 Å². The summed E-state index contributed by atoms with van der Waals surface area (Å²) < 4.78 is 1.21. The van der Waals surface area contributed by atoms with Crippen molar-refractivity contribution in [1.82, 2.24) is 10.2 Å². The second-order valence-electron chi connectivity index (χ2n) is 4.90. The lowest BCUT2D eigenvalue weighted by molar-refractivity contribution is 0.314. The van der Waals surface area contributed by atoms with Gasteiger partial charge in [0.1, 0.15) is 0 Å². The van der Waals surface area contributed by atoms with Gasteiger partial charge in [-0.05, 0) is 67.8 Å². The zero-order valence-corrected chi connectivity index (χ0v) is 12.8. The first-order chi connectivity index (χ1) is 8.24. The van der Waals surface area contributed by atoms with Crippen LogP contribution in [0.2, 0.25) is 0 Å². The molecule has 0 radical (unpaired) electrons. The van der Waals surface area contributed by atoms with E-state index in [1.54, 1.807) is 0 Å². The van der Waals surface area contributed by atoms with Crippen LogP contribution in [0, 0.1) is 0 Å². The van der Waals surface area contributed by atoms with Crippen molar-refractivity contribution in [3.8, 4) is 0 Å². The Kier molecular flexibility index (Phi) is 5.48. The van der Waals surface area contributed by atoms with Gasteiger partial charge in [0, 0.05) is 27.3 Å². The van der Waals surface area contributed by atoms with Gasteiger partial charge in [0.2, 0.25) is 0 Å². The predicted octanol–water partition coefficient (Wildman–Crippen LogP) is 3.47. The summed E-state index contributed by atoms with van der Waals surface area (Å²) in [5.41, 5.74) is 0. The fraction of sp³-hybridized carbons (Fsp3) is 0.692. The van der Waals surface area contributed by atoms with Crippen molar-refractivity contribution in [3.05, 3.63) is 20.8 Å². The molecular weight excluding hydrogens is 296 g/mol. The van der Waals surface area contributed by atoms with Crippen LogP contribution in [0.25, 0.3) is 0 Å². The molecule has 2 nitrogen and oxygen atoms in total. The second-order valence-corrected chi connectivity index (χ2v) is 6.82. The number of hydrogen-bond donors (Lipinski definition) is 1. The van der Waals surface area contributed by atoms with Crippen molar-refractivity contribution in [2.45, 2.75) is 38.3 Å². The molecule has 0 spiro atoms. The van der Waals surface area contributed by atoms with E-state index in [4.69, 9.17) is 0 Å². The molecule has 1 aromatic heterocycles. The van der Waals surface area contributed by atoms with Crippen LogP contribution < -0.4 is 5.32 Å². The Labute approximate surface area is 117 Å². The molecule has 1 aliphatic heterocycles. The van der Waals surface area contributed by atoms with Crippen LogP contribution in [-0.2, 0) is 6.54 Å². The Morgan fingerprint density at radius 2 is 2.47 bits per heavy atom. The van der Waals surface area contributed by atoms with Crippen molar-refractivity contribution in [1.29, 1.82) is 0 Å². The third kappa shape index (κ3) is 4.70. The largest absolute Gasteiger partial charge is 0.314 e. The summed E-state index contributed by atoms with van der Waals surface area (Å²) in [6.45, 7) is 3.51. The first-order valence-corrected chi connectivity index (χ1v) is 8.06. The van der Waals surface area contributed by atoms with Crippen LogP contribution in [0.15, 0.2) is 15.9 Å². The minimum absolute atomic E-state index is 0.791. The lowest BCUT2D eigenvalue weighted by atomic mass is 10.1. The third-order valence-electron chi connectivity index (χ3n) is 3.30. The Hall–Kier alpha value is 0.1000. The zero-order chi connectivity index (χ0) is 12.1. The molecular formula is C13H21BrN2S. The quantitative estimate of drug-likeness (QED) is 0.864. The van der Waals surface area contributed by atoms with Crippen LogP contribution in [-0.4, -0.2) is 31.1 Å². The molecule has 1 N–H and O–H groups in total. The first-order valence-electron chi connectivity index (χ1n) is 6.39. The van der Waals surface area contributed by atoms with Crippen molar-refractivity contribution < 1.29 is 0 Å². The highest BCUT2D eigenvalue weighted by Gasteiger charge is 2.13. The molecule has 17 heavy (non-hydrogen) atoms. The van der Waals surface area contributed by atoms with E-state index in [0.717, 1.165) is 12.6 Å². The standard InChI is InChI=1S/C13H21BrN2S/c1-16(9-13-8-11(14)10-17-13)7-3-5-12-4-2-6-15-12/h8,10,12,15H,2-7,9H2,1H3. The molecule has 2 heterocycles. The molecule has 0 amide bonds. The molecule has 0 bridgehead atoms. The highest BCUT2D eigenvalue weighted by atomic mass is 79.9. The number of thiophene rings is 1. The van der Waals surface area contributed by atoms with Crippen molar-refractivity contribution in [2.75, 3.05) is 20.1 Å². The summed E-state index contributed by atoms with van der Waals surface area (Å²) in [6.07, 6.45) is 5.38. The lowest BCUT2D eigenvalue weighted by Gasteiger charge is -2.17. The minimum Gasteiger partial charge on any atom is -0.314 e. The monoisotopic (exact) mass is 316 g/mol. The Bertz CT molecular complexity index is 334. The average Bonchev–Trinajstić information content (AvgIpc) is 2.90. The minimum atomic E-state index is 0.791. The number of rotatable bonds is 6. The molecule has 4 heteroatoms.